The summed E-state index contributed by atoms with van der Waals surface area (Å²) in [7, 11) is -12.1. The minimum absolute atomic E-state index is 0.0454. The number of nitrogens with one attached hydrogen (secondary N) is 3. The highest BCUT2D eigenvalue weighted by molar-refractivity contribution is 7.58. The summed E-state index contributed by atoms with van der Waals surface area (Å²) in [5.41, 5.74) is 0. The van der Waals surface area contributed by atoms with Crippen molar-refractivity contribution < 1.29 is 186 Å². The molecule has 0 aromatic carbocycles. The SMILES string of the molecule is O=C(O)CCOCCOCCOCCOCCOCCOCCOCCOCCNC(=O)CCP(=O)(O)CN1CCN(CP(=O)(O)CCC(=O)NCCOCCOCCOCCOCCOCCOCCOCCOCCC(=O)O)CCN(CP(=O)(O)CCC(=O)NCCOCCOCCOCCOCCOCCOCCOCCOCCC(=O)O)CC1. The normalized spacial score (nSPS) is 14.7. The van der Waals surface area contributed by atoms with Gasteiger partial charge in [-0.25, -0.2) is 0 Å². The van der Waals surface area contributed by atoms with Crippen molar-refractivity contribution in [3.8, 4) is 0 Å². The molecule has 0 aromatic heterocycles. The molecule has 123 heavy (non-hydrogen) atoms. The zero-order chi connectivity index (χ0) is 89.6. The fourth-order valence-electron chi connectivity index (χ4n) is 10.0. The zero-order valence-corrected chi connectivity index (χ0v) is 74.8. The van der Waals surface area contributed by atoms with Crippen molar-refractivity contribution in [1.29, 1.82) is 0 Å². The molecule has 0 saturated carbocycles. The topological polar surface area (TPSA) is 542 Å². The molecule has 1 aliphatic heterocycles. The van der Waals surface area contributed by atoms with Gasteiger partial charge in [0, 0.05) is 96.7 Å². The zero-order valence-electron chi connectivity index (χ0n) is 72.1. The van der Waals surface area contributed by atoms with Crippen LogP contribution in [0.1, 0.15) is 38.5 Å². The number of nitrogens with zero attached hydrogens (tertiary/aromatic N) is 3. The second kappa shape index (κ2) is 86.4. The highest BCUT2D eigenvalue weighted by atomic mass is 31.2. The van der Waals surface area contributed by atoms with Crippen LogP contribution in [0.25, 0.3) is 0 Å². The van der Waals surface area contributed by atoms with Crippen LogP contribution in [0.3, 0.4) is 0 Å². The van der Waals surface area contributed by atoms with Gasteiger partial charge in [0.05, 0.1) is 355 Å². The number of hydrogen-bond donors (Lipinski definition) is 9. The van der Waals surface area contributed by atoms with Gasteiger partial charge in [0.1, 0.15) is 0 Å². The summed E-state index contributed by atoms with van der Waals surface area (Å²) in [6.45, 7) is 17.3. The summed E-state index contributed by atoms with van der Waals surface area (Å²) in [4.78, 5) is 109. The molecule has 1 aliphatic rings. The number of carboxylic acid groups (broad SMARTS) is 3. The molecule has 1 rings (SSSR count). The average molecular weight is 1850 g/mol. The summed E-state index contributed by atoms with van der Waals surface area (Å²) in [6, 6.07) is 0. The Bertz CT molecular complexity index is 2370. The Morgan fingerprint density at radius 1 is 0.203 bits per heavy atom. The van der Waals surface area contributed by atoms with Crippen molar-refractivity contribution in [1.82, 2.24) is 30.7 Å². The average Bonchev–Trinajstić information content (AvgIpc) is 1.80. The molecule has 0 bridgehead atoms. The van der Waals surface area contributed by atoms with Gasteiger partial charge in [-0.15, -0.1) is 0 Å². The van der Waals surface area contributed by atoms with Gasteiger partial charge in [-0.1, -0.05) is 0 Å². The smallest absolute Gasteiger partial charge is 0.305 e. The van der Waals surface area contributed by atoms with E-state index in [4.69, 9.17) is 129 Å². The fourth-order valence-corrected chi connectivity index (χ4v) is 14.8. The molecular formula is C75H147N6O39P3. The first-order valence-corrected chi connectivity index (χ1v) is 48.2. The summed E-state index contributed by atoms with van der Waals surface area (Å²) < 4.78 is 172. The first-order valence-electron chi connectivity index (χ1n) is 42.1. The highest BCUT2D eigenvalue weighted by Crippen LogP contribution is 2.44. The van der Waals surface area contributed by atoms with Crippen LogP contribution in [0.5, 0.6) is 0 Å². The summed E-state index contributed by atoms with van der Waals surface area (Å²) in [5, 5.41) is 33.8. The van der Waals surface area contributed by atoms with E-state index in [1.54, 1.807) is 14.7 Å². The third-order valence-corrected chi connectivity index (χ3v) is 21.7. The van der Waals surface area contributed by atoms with Crippen molar-refractivity contribution in [3.05, 3.63) is 0 Å². The van der Waals surface area contributed by atoms with Gasteiger partial charge in [0.15, 0.2) is 0 Å². The lowest BCUT2D eigenvalue weighted by atomic mass is 10.4. The van der Waals surface area contributed by atoms with E-state index in [1.807, 2.05) is 0 Å². The Balaban J connectivity index is 2.48. The van der Waals surface area contributed by atoms with E-state index < -0.39 is 57.7 Å². The molecular weight excluding hydrogens is 1700 g/mol. The monoisotopic (exact) mass is 1850 g/mol. The first-order chi connectivity index (χ1) is 59.7. The molecule has 3 amide bonds. The summed E-state index contributed by atoms with van der Waals surface area (Å²) >= 11 is 0. The van der Waals surface area contributed by atoms with Crippen molar-refractivity contribution >= 4 is 57.7 Å². The number of carboxylic acids is 3. The maximum atomic E-state index is 13.8. The Kier molecular flexibility index (Phi) is 82.4. The number of rotatable bonds is 96. The second-order valence-corrected chi connectivity index (χ2v) is 34.2. The highest BCUT2D eigenvalue weighted by Gasteiger charge is 2.31. The predicted molar refractivity (Wildman–Crippen MR) is 443 cm³/mol. The van der Waals surface area contributed by atoms with Crippen LogP contribution in [0.4, 0.5) is 0 Å². The van der Waals surface area contributed by atoms with Crippen molar-refractivity contribution in [2.75, 3.05) is 413 Å². The van der Waals surface area contributed by atoms with E-state index in [0.717, 1.165) is 0 Å². The third-order valence-electron chi connectivity index (χ3n) is 16.4. The largest absolute Gasteiger partial charge is 0.481 e. The standard InChI is InChI=1S/C75H147N6O39P3/c82-70(76-7-19-100-25-31-106-37-43-112-49-55-118-61-58-115-52-46-109-40-34-103-28-22-97-16-1-73(85)86)4-64-121(91,92)67-79-10-12-80(68-122(93,94)65-5-71(83)77-8-20-101-26-32-107-38-44-113-50-56-119-62-59-116-53-47-110-41-35-104-29-23-98-17-2-74(87)88)14-15-81(13-11-79)69-123(95,96)66-6-72(84)78-9-21-102-27-33-108-39-45-114-51-57-120-63-60-117-54-48-111-42-36-105-30-24-99-18-3-75(89)90/h1-69H2,(H,76,82)(H,77,83)(H,78,84)(H,85,86)(H,87,88)(H,89,90)(H,91,92)(H,93,94)(H,95,96). The van der Waals surface area contributed by atoms with Gasteiger partial charge in [0.2, 0.25) is 39.8 Å². The van der Waals surface area contributed by atoms with E-state index in [2.05, 4.69) is 16.0 Å². The molecule has 726 valence electrons. The van der Waals surface area contributed by atoms with Gasteiger partial charge in [-0.3, -0.25) is 57.2 Å². The first kappa shape index (κ1) is 117. The third kappa shape index (κ3) is 88.7. The lowest BCUT2D eigenvalue weighted by Crippen LogP contribution is -2.37. The van der Waals surface area contributed by atoms with Crippen LogP contribution in [0.2, 0.25) is 0 Å². The van der Waals surface area contributed by atoms with E-state index in [1.165, 1.54) is 0 Å². The molecule has 1 saturated heterocycles. The maximum Gasteiger partial charge on any atom is 0.305 e. The molecule has 9 N–H and O–H groups in total. The van der Waals surface area contributed by atoms with Crippen LogP contribution in [-0.2, 0) is 156 Å². The lowest BCUT2D eigenvalue weighted by Gasteiger charge is -2.28. The molecule has 3 atom stereocenters. The molecule has 1 heterocycles. The number of hydrogen-bond acceptors (Lipinski definition) is 36. The number of carbonyl (C=O) groups excluding carboxylic acids is 3. The molecule has 0 aliphatic carbocycles. The van der Waals surface area contributed by atoms with Gasteiger partial charge in [-0.05, 0) is 0 Å². The number of ether oxygens (including phenoxy) is 24. The van der Waals surface area contributed by atoms with Crippen LogP contribution >= 0.6 is 22.1 Å². The van der Waals surface area contributed by atoms with Crippen molar-refractivity contribution in [2.45, 2.75) is 38.5 Å². The minimum Gasteiger partial charge on any atom is -0.481 e. The van der Waals surface area contributed by atoms with Gasteiger partial charge in [0.25, 0.3) is 0 Å². The van der Waals surface area contributed by atoms with Crippen molar-refractivity contribution in [3.63, 3.8) is 0 Å². The van der Waals surface area contributed by atoms with Crippen LogP contribution in [0, 0.1) is 0 Å². The predicted octanol–water partition coefficient (Wildman–Crippen LogP) is -1.07. The molecule has 0 spiro atoms. The Labute approximate surface area is 723 Å². The van der Waals surface area contributed by atoms with Gasteiger partial charge < -0.3 is 160 Å². The number of carbonyl (C=O) groups is 6. The molecule has 1 fully saturated rings. The second-order valence-electron chi connectivity index (χ2n) is 26.9. The van der Waals surface area contributed by atoms with E-state index in [9.17, 15) is 57.1 Å². The lowest BCUT2D eigenvalue weighted by molar-refractivity contribution is -0.139. The molecule has 3 unspecified atom stereocenters. The Hall–Kier alpha value is -3.69. The Morgan fingerprint density at radius 2 is 0.325 bits per heavy atom. The molecule has 0 aromatic rings. The van der Waals surface area contributed by atoms with E-state index >= 15 is 0 Å². The Morgan fingerprint density at radius 3 is 0.455 bits per heavy atom. The van der Waals surface area contributed by atoms with Crippen LogP contribution in [-0.4, -0.2) is 494 Å². The minimum atomic E-state index is -4.02. The number of aliphatic carboxylic acids is 3. The maximum absolute atomic E-state index is 13.8. The van der Waals surface area contributed by atoms with Gasteiger partial charge >= 0.3 is 17.9 Å². The molecule has 45 nitrogen and oxygen atoms in total. The fraction of sp³-hybridized carbons (Fsp3) is 0.920. The van der Waals surface area contributed by atoms with Crippen molar-refractivity contribution in [2.24, 2.45) is 0 Å². The molecule has 48 heteroatoms. The number of amides is 3. The van der Waals surface area contributed by atoms with E-state index in [0.29, 0.717) is 238 Å². The van der Waals surface area contributed by atoms with Crippen LogP contribution < -0.4 is 16.0 Å². The van der Waals surface area contributed by atoms with E-state index in [-0.39, 0.29) is 214 Å². The van der Waals surface area contributed by atoms with Gasteiger partial charge in [-0.2, -0.15) is 0 Å². The molecule has 0 radical (unpaired) electrons. The summed E-state index contributed by atoms with van der Waals surface area (Å²) in [5.74, 6) is -4.12. The summed E-state index contributed by atoms with van der Waals surface area (Å²) in [6.07, 6.45) is -3.00. The quantitative estimate of drug-likeness (QED) is 0.0259. The van der Waals surface area contributed by atoms with Crippen LogP contribution in [0.15, 0.2) is 0 Å².